The highest BCUT2D eigenvalue weighted by atomic mass is 19.1. The lowest BCUT2D eigenvalue weighted by atomic mass is 9.91. The normalized spacial score (nSPS) is 18.6. The van der Waals surface area contributed by atoms with Gasteiger partial charge in [-0.05, 0) is 24.6 Å². The molecule has 2 N–H and O–H groups in total. The molecule has 1 aromatic carbocycles. The Hall–Kier alpha value is -1.62. The predicted octanol–water partition coefficient (Wildman–Crippen LogP) is 1.50. The van der Waals surface area contributed by atoms with E-state index in [4.69, 9.17) is 9.84 Å². The first-order chi connectivity index (χ1) is 8.13. The van der Waals surface area contributed by atoms with Crippen LogP contribution in [-0.4, -0.2) is 24.7 Å². The Morgan fingerprint density at radius 2 is 2.41 bits per heavy atom. The van der Waals surface area contributed by atoms with E-state index in [1.165, 1.54) is 13.2 Å². The van der Waals surface area contributed by atoms with Gasteiger partial charge in [0, 0.05) is 11.6 Å². The molecule has 1 heterocycles. The maximum absolute atomic E-state index is 13.6. The summed E-state index contributed by atoms with van der Waals surface area (Å²) in [5.41, 5.74) is 1.59. The van der Waals surface area contributed by atoms with Crippen molar-refractivity contribution in [2.75, 3.05) is 13.7 Å². The van der Waals surface area contributed by atoms with E-state index in [9.17, 15) is 9.18 Å². The number of carboxylic acid groups (broad SMARTS) is 1. The van der Waals surface area contributed by atoms with Gasteiger partial charge < -0.3 is 15.2 Å². The molecule has 2 rings (SSSR count). The number of carbonyl (C=O) groups is 1. The molecule has 92 valence electrons. The van der Waals surface area contributed by atoms with Gasteiger partial charge in [0.15, 0.2) is 11.6 Å². The SMILES string of the molecule is COc1c(F)ccc2c1C(CC(=O)O)NCC2. The van der Waals surface area contributed by atoms with E-state index in [1.54, 1.807) is 6.07 Å². The quantitative estimate of drug-likeness (QED) is 0.839. The van der Waals surface area contributed by atoms with E-state index in [1.807, 2.05) is 0 Å². The molecule has 0 saturated heterocycles. The molecule has 1 atom stereocenters. The van der Waals surface area contributed by atoms with Crippen molar-refractivity contribution >= 4 is 5.97 Å². The average molecular weight is 239 g/mol. The Morgan fingerprint density at radius 1 is 1.65 bits per heavy atom. The van der Waals surface area contributed by atoms with E-state index in [2.05, 4.69) is 5.32 Å². The van der Waals surface area contributed by atoms with Crippen LogP contribution in [0.2, 0.25) is 0 Å². The lowest BCUT2D eigenvalue weighted by Crippen LogP contribution is -2.32. The van der Waals surface area contributed by atoms with Crippen LogP contribution < -0.4 is 10.1 Å². The van der Waals surface area contributed by atoms with E-state index < -0.39 is 11.8 Å². The molecule has 0 saturated carbocycles. The maximum Gasteiger partial charge on any atom is 0.305 e. The second-order valence-corrected chi connectivity index (χ2v) is 4.01. The molecule has 0 amide bonds. The van der Waals surface area contributed by atoms with Gasteiger partial charge in [0.1, 0.15) is 0 Å². The molecule has 1 unspecified atom stereocenters. The fourth-order valence-electron chi connectivity index (χ4n) is 2.25. The van der Waals surface area contributed by atoms with Crippen molar-refractivity contribution in [3.05, 3.63) is 29.1 Å². The summed E-state index contributed by atoms with van der Waals surface area (Å²) in [6.45, 7) is 0.694. The van der Waals surface area contributed by atoms with Crippen molar-refractivity contribution < 1.29 is 19.0 Å². The first kappa shape index (κ1) is 11.9. The van der Waals surface area contributed by atoms with Crippen molar-refractivity contribution in [3.63, 3.8) is 0 Å². The number of hydrogen-bond acceptors (Lipinski definition) is 3. The van der Waals surface area contributed by atoms with Crippen molar-refractivity contribution in [2.45, 2.75) is 18.9 Å². The van der Waals surface area contributed by atoms with Gasteiger partial charge in [0.2, 0.25) is 0 Å². The van der Waals surface area contributed by atoms with Crippen LogP contribution in [0.15, 0.2) is 12.1 Å². The molecule has 1 aliphatic heterocycles. The lowest BCUT2D eigenvalue weighted by molar-refractivity contribution is -0.137. The fraction of sp³-hybridized carbons (Fsp3) is 0.417. The van der Waals surface area contributed by atoms with Crippen LogP contribution in [0.4, 0.5) is 4.39 Å². The molecular weight excluding hydrogens is 225 g/mol. The highest BCUT2D eigenvalue weighted by Crippen LogP contribution is 2.35. The highest BCUT2D eigenvalue weighted by molar-refractivity contribution is 5.68. The van der Waals surface area contributed by atoms with Gasteiger partial charge >= 0.3 is 5.97 Å². The molecule has 1 aliphatic rings. The van der Waals surface area contributed by atoms with Crippen molar-refractivity contribution in [3.8, 4) is 5.75 Å². The summed E-state index contributed by atoms with van der Waals surface area (Å²) < 4.78 is 18.6. The maximum atomic E-state index is 13.6. The van der Waals surface area contributed by atoms with Crippen LogP contribution in [-0.2, 0) is 11.2 Å². The second kappa shape index (κ2) is 4.71. The summed E-state index contributed by atoms with van der Waals surface area (Å²) in [4.78, 5) is 10.8. The van der Waals surface area contributed by atoms with Gasteiger partial charge in [-0.25, -0.2) is 4.39 Å². The number of carboxylic acids is 1. The Labute approximate surface area is 98.4 Å². The lowest BCUT2D eigenvalue weighted by Gasteiger charge is -2.27. The zero-order valence-electron chi connectivity index (χ0n) is 9.50. The Bertz CT molecular complexity index is 448. The van der Waals surface area contributed by atoms with E-state index in [0.29, 0.717) is 12.1 Å². The Balaban J connectivity index is 2.46. The number of ether oxygens (including phenoxy) is 1. The van der Waals surface area contributed by atoms with Crippen LogP contribution in [0.1, 0.15) is 23.6 Å². The van der Waals surface area contributed by atoms with E-state index in [-0.39, 0.29) is 18.2 Å². The van der Waals surface area contributed by atoms with Gasteiger partial charge in [-0.1, -0.05) is 6.07 Å². The van der Waals surface area contributed by atoms with Crippen LogP contribution in [0, 0.1) is 5.82 Å². The highest BCUT2D eigenvalue weighted by Gasteiger charge is 2.27. The minimum absolute atomic E-state index is 0.0766. The van der Waals surface area contributed by atoms with Crippen LogP contribution in [0.5, 0.6) is 5.75 Å². The van der Waals surface area contributed by atoms with Crippen LogP contribution in [0.3, 0.4) is 0 Å². The molecular formula is C12H14FNO3. The third-order valence-electron chi connectivity index (χ3n) is 2.95. The summed E-state index contributed by atoms with van der Waals surface area (Å²) in [6, 6.07) is 2.67. The topological polar surface area (TPSA) is 58.6 Å². The zero-order chi connectivity index (χ0) is 12.4. The van der Waals surface area contributed by atoms with E-state index in [0.717, 1.165) is 12.0 Å². The van der Waals surface area contributed by atoms with Gasteiger partial charge in [-0.15, -0.1) is 0 Å². The molecule has 0 bridgehead atoms. The van der Waals surface area contributed by atoms with Gasteiger partial charge in [0.05, 0.1) is 13.5 Å². The molecule has 17 heavy (non-hydrogen) atoms. The minimum Gasteiger partial charge on any atom is -0.493 e. The van der Waals surface area contributed by atoms with Gasteiger partial charge in [-0.2, -0.15) is 0 Å². The summed E-state index contributed by atoms with van der Waals surface area (Å²) in [7, 11) is 1.39. The largest absolute Gasteiger partial charge is 0.493 e. The number of halogens is 1. The smallest absolute Gasteiger partial charge is 0.305 e. The molecule has 5 heteroatoms. The van der Waals surface area contributed by atoms with Crippen molar-refractivity contribution in [2.24, 2.45) is 0 Å². The van der Waals surface area contributed by atoms with Gasteiger partial charge in [0.25, 0.3) is 0 Å². The Kier molecular flexibility index (Phi) is 3.28. The summed E-state index contributed by atoms with van der Waals surface area (Å²) in [5, 5.41) is 11.9. The monoisotopic (exact) mass is 239 g/mol. The van der Waals surface area contributed by atoms with Gasteiger partial charge in [-0.3, -0.25) is 4.79 Å². The summed E-state index contributed by atoms with van der Waals surface area (Å²) in [6.07, 6.45) is 0.676. The molecule has 0 radical (unpaired) electrons. The zero-order valence-corrected chi connectivity index (χ0v) is 9.50. The Morgan fingerprint density at radius 3 is 3.06 bits per heavy atom. The third kappa shape index (κ3) is 2.24. The number of fused-ring (bicyclic) bond motifs is 1. The van der Waals surface area contributed by atoms with Crippen LogP contribution in [0.25, 0.3) is 0 Å². The number of rotatable bonds is 3. The standard InChI is InChI=1S/C12H14FNO3/c1-17-12-8(13)3-2-7-4-5-14-9(11(7)12)6-10(15)16/h2-3,9,14H,4-6H2,1H3,(H,15,16). The van der Waals surface area contributed by atoms with E-state index >= 15 is 0 Å². The minimum atomic E-state index is -0.915. The number of benzene rings is 1. The molecule has 0 aromatic heterocycles. The third-order valence-corrected chi connectivity index (χ3v) is 2.95. The van der Waals surface area contributed by atoms with Crippen LogP contribution >= 0.6 is 0 Å². The number of methoxy groups -OCH3 is 1. The predicted molar refractivity (Wildman–Crippen MR) is 59.7 cm³/mol. The fourth-order valence-corrected chi connectivity index (χ4v) is 2.25. The molecule has 1 aromatic rings. The van der Waals surface area contributed by atoms with Crippen molar-refractivity contribution in [1.82, 2.24) is 5.32 Å². The number of aliphatic carboxylic acids is 1. The first-order valence-corrected chi connectivity index (χ1v) is 5.44. The van der Waals surface area contributed by atoms with Crippen molar-refractivity contribution in [1.29, 1.82) is 0 Å². The summed E-state index contributed by atoms with van der Waals surface area (Å²) in [5.74, 6) is -1.21. The average Bonchev–Trinajstić information content (AvgIpc) is 2.29. The second-order valence-electron chi connectivity index (χ2n) is 4.01. The molecule has 0 spiro atoms. The number of hydrogen-bond donors (Lipinski definition) is 2. The molecule has 4 nitrogen and oxygen atoms in total. The summed E-state index contributed by atoms with van der Waals surface area (Å²) >= 11 is 0. The molecule has 0 aliphatic carbocycles. The molecule has 0 fully saturated rings. The number of nitrogens with one attached hydrogen (secondary N) is 1. The first-order valence-electron chi connectivity index (χ1n) is 5.44.